The van der Waals surface area contributed by atoms with Crippen LogP contribution in [0.2, 0.25) is 0 Å². The molecule has 0 aromatic heterocycles. The van der Waals surface area contributed by atoms with E-state index in [1.807, 2.05) is 20.1 Å². The number of rotatable bonds is 9. The quantitative estimate of drug-likeness (QED) is 0.570. The van der Waals surface area contributed by atoms with E-state index in [1.165, 1.54) is 0 Å². The molecule has 0 aliphatic heterocycles. The molecule has 5 nitrogen and oxygen atoms in total. The van der Waals surface area contributed by atoms with Crippen LogP contribution in [0.25, 0.3) is 0 Å². The molecule has 6 heteroatoms. The van der Waals surface area contributed by atoms with Gasteiger partial charge in [0.1, 0.15) is 6.04 Å². The smallest absolute Gasteiger partial charge is 0.326 e. The Labute approximate surface area is 107 Å². The van der Waals surface area contributed by atoms with Crippen molar-refractivity contribution in [3.63, 3.8) is 0 Å². The second-order valence-corrected chi connectivity index (χ2v) is 4.92. The summed E-state index contributed by atoms with van der Waals surface area (Å²) in [5.41, 5.74) is 0. The highest BCUT2D eigenvalue weighted by atomic mass is 32.2. The fourth-order valence-electron chi connectivity index (χ4n) is 1.15. The molecule has 0 aliphatic carbocycles. The van der Waals surface area contributed by atoms with Crippen LogP contribution in [0.1, 0.15) is 26.7 Å². The fourth-order valence-corrected chi connectivity index (χ4v) is 1.62. The molecule has 0 saturated heterocycles. The van der Waals surface area contributed by atoms with Crippen LogP contribution < -0.4 is 10.6 Å². The summed E-state index contributed by atoms with van der Waals surface area (Å²) >= 11 is 1.57. The van der Waals surface area contributed by atoms with Gasteiger partial charge in [0.05, 0.1) is 6.54 Å². The number of thioether (sulfide) groups is 1. The molecule has 2 atom stereocenters. The largest absolute Gasteiger partial charge is 0.480 e. The maximum Gasteiger partial charge on any atom is 0.326 e. The monoisotopic (exact) mass is 262 g/mol. The number of hydrogen-bond acceptors (Lipinski definition) is 4. The van der Waals surface area contributed by atoms with Crippen molar-refractivity contribution in [2.24, 2.45) is 0 Å². The highest BCUT2D eigenvalue weighted by Gasteiger charge is 2.19. The third kappa shape index (κ3) is 8.04. The molecule has 17 heavy (non-hydrogen) atoms. The first-order chi connectivity index (χ1) is 8.01. The van der Waals surface area contributed by atoms with Crippen LogP contribution in [0.3, 0.4) is 0 Å². The molecule has 0 aliphatic rings. The number of aliphatic carboxylic acids is 1. The van der Waals surface area contributed by atoms with Crippen molar-refractivity contribution >= 4 is 23.6 Å². The number of carboxylic acids is 1. The Balaban J connectivity index is 3.99. The molecule has 0 radical (unpaired) electrons. The van der Waals surface area contributed by atoms with Crippen molar-refractivity contribution in [1.29, 1.82) is 0 Å². The maximum atomic E-state index is 11.5. The number of carboxylic acid groups (broad SMARTS) is 1. The molecular weight excluding hydrogens is 240 g/mol. The lowest BCUT2D eigenvalue weighted by Gasteiger charge is -2.15. The third-order valence-electron chi connectivity index (χ3n) is 2.47. The Hall–Kier alpha value is -0.750. The molecule has 0 bridgehead atoms. The predicted octanol–water partition coefficient (Wildman–Crippen LogP) is 0.697. The summed E-state index contributed by atoms with van der Waals surface area (Å²) in [6.45, 7) is 4.17. The molecule has 0 aromatic carbocycles. The summed E-state index contributed by atoms with van der Waals surface area (Å²) in [5.74, 6) is -0.523. The topological polar surface area (TPSA) is 78.4 Å². The predicted molar refractivity (Wildman–Crippen MR) is 70.3 cm³/mol. The van der Waals surface area contributed by atoms with Crippen LogP contribution in [-0.4, -0.2) is 47.6 Å². The van der Waals surface area contributed by atoms with E-state index in [0.717, 1.165) is 12.2 Å². The van der Waals surface area contributed by atoms with Crippen LogP contribution in [0.5, 0.6) is 0 Å². The summed E-state index contributed by atoms with van der Waals surface area (Å²) in [5, 5.41) is 14.5. The Kier molecular flexibility index (Phi) is 8.89. The fraction of sp³-hybridized carbons (Fsp3) is 0.818. The molecule has 0 spiro atoms. The summed E-state index contributed by atoms with van der Waals surface area (Å²) < 4.78 is 0. The van der Waals surface area contributed by atoms with Gasteiger partial charge in [0.15, 0.2) is 0 Å². The normalized spacial score (nSPS) is 14.1. The molecule has 0 rings (SSSR count). The zero-order valence-electron chi connectivity index (χ0n) is 10.7. The molecule has 0 aromatic rings. The van der Waals surface area contributed by atoms with E-state index in [9.17, 15) is 9.59 Å². The van der Waals surface area contributed by atoms with E-state index in [4.69, 9.17) is 5.11 Å². The first kappa shape index (κ1) is 16.2. The second kappa shape index (κ2) is 9.30. The first-order valence-electron chi connectivity index (χ1n) is 5.75. The minimum absolute atomic E-state index is 0.165. The lowest BCUT2D eigenvalue weighted by Crippen LogP contribution is -2.46. The van der Waals surface area contributed by atoms with Crippen LogP contribution >= 0.6 is 11.8 Å². The number of carbonyl (C=O) groups is 2. The van der Waals surface area contributed by atoms with Gasteiger partial charge in [-0.05, 0) is 31.8 Å². The number of hydrogen-bond donors (Lipinski definition) is 3. The Morgan fingerprint density at radius 3 is 2.53 bits per heavy atom. The van der Waals surface area contributed by atoms with Gasteiger partial charge in [-0.15, -0.1) is 0 Å². The Morgan fingerprint density at radius 2 is 2.06 bits per heavy atom. The zero-order chi connectivity index (χ0) is 13.3. The second-order valence-electron chi connectivity index (χ2n) is 3.93. The first-order valence-corrected chi connectivity index (χ1v) is 7.15. The molecule has 1 amide bonds. The summed E-state index contributed by atoms with van der Waals surface area (Å²) in [6, 6.07) is -0.524. The van der Waals surface area contributed by atoms with E-state index < -0.39 is 12.0 Å². The van der Waals surface area contributed by atoms with Gasteiger partial charge in [0, 0.05) is 6.04 Å². The van der Waals surface area contributed by atoms with Crippen LogP contribution in [0.15, 0.2) is 0 Å². The number of carbonyl (C=O) groups excluding carboxylic acids is 1. The van der Waals surface area contributed by atoms with Crippen molar-refractivity contribution in [2.75, 3.05) is 18.6 Å². The molecule has 100 valence electrons. The van der Waals surface area contributed by atoms with Crippen molar-refractivity contribution in [2.45, 2.75) is 38.8 Å². The highest BCUT2D eigenvalue weighted by molar-refractivity contribution is 7.98. The lowest BCUT2D eigenvalue weighted by molar-refractivity contribution is -0.141. The van der Waals surface area contributed by atoms with Crippen molar-refractivity contribution in [1.82, 2.24) is 10.6 Å². The molecule has 1 unspecified atom stereocenters. The third-order valence-corrected chi connectivity index (χ3v) is 3.11. The zero-order valence-corrected chi connectivity index (χ0v) is 11.5. The van der Waals surface area contributed by atoms with Gasteiger partial charge in [0.25, 0.3) is 0 Å². The van der Waals surface area contributed by atoms with Crippen LogP contribution in [0.4, 0.5) is 0 Å². The van der Waals surface area contributed by atoms with Gasteiger partial charge in [-0.1, -0.05) is 6.92 Å². The number of nitrogens with one attached hydrogen (secondary N) is 2. The molecule has 0 heterocycles. The lowest BCUT2D eigenvalue weighted by atomic mass is 10.2. The van der Waals surface area contributed by atoms with E-state index in [0.29, 0.717) is 6.42 Å². The highest BCUT2D eigenvalue weighted by Crippen LogP contribution is 2.00. The van der Waals surface area contributed by atoms with Gasteiger partial charge in [-0.3, -0.25) is 4.79 Å². The average Bonchev–Trinajstić information content (AvgIpc) is 2.30. The maximum absolute atomic E-state index is 11.5. The average molecular weight is 262 g/mol. The van der Waals surface area contributed by atoms with Crippen LogP contribution in [-0.2, 0) is 9.59 Å². The van der Waals surface area contributed by atoms with Crippen LogP contribution in [0, 0.1) is 0 Å². The van der Waals surface area contributed by atoms with Gasteiger partial charge in [0.2, 0.25) is 5.91 Å². The van der Waals surface area contributed by atoms with Crippen molar-refractivity contribution in [3.05, 3.63) is 0 Å². The van der Waals surface area contributed by atoms with E-state index >= 15 is 0 Å². The molecule has 3 N–H and O–H groups in total. The minimum atomic E-state index is -0.976. The van der Waals surface area contributed by atoms with Gasteiger partial charge in [-0.2, -0.15) is 11.8 Å². The van der Waals surface area contributed by atoms with E-state index in [-0.39, 0.29) is 18.5 Å². The van der Waals surface area contributed by atoms with Gasteiger partial charge >= 0.3 is 5.97 Å². The summed E-state index contributed by atoms with van der Waals surface area (Å²) in [7, 11) is 0. The van der Waals surface area contributed by atoms with Crippen molar-refractivity contribution < 1.29 is 14.7 Å². The van der Waals surface area contributed by atoms with Gasteiger partial charge in [-0.25, -0.2) is 4.79 Å². The van der Waals surface area contributed by atoms with E-state index in [1.54, 1.807) is 11.8 Å². The van der Waals surface area contributed by atoms with Gasteiger partial charge < -0.3 is 15.7 Å². The van der Waals surface area contributed by atoms with Crippen molar-refractivity contribution in [3.8, 4) is 0 Å². The summed E-state index contributed by atoms with van der Waals surface area (Å²) in [4.78, 5) is 22.4. The molecule has 0 saturated carbocycles. The number of amides is 1. The molecule has 0 fully saturated rings. The minimum Gasteiger partial charge on any atom is -0.480 e. The standard InChI is InChI=1S/C11H22N2O3S/c1-4-8(2)12-7-10(14)13-9(11(15)16)5-6-17-3/h8-9,12H,4-7H2,1-3H3,(H,13,14)(H,15,16)/t8?,9-/m1/s1. The summed E-state index contributed by atoms with van der Waals surface area (Å²) in [6.07, 6.45) is 3.29. The molecular formula is C11H22N2O3S. The Morgan fingerprint density at radius 1 is 1.41 bits per heavy atom. The SMILES string of the molecule is CCC(C)NCC(=O)N[C@H](CCSC)C(=O)O. The Bertz CT molecular complexity index is 249. The van der Waals surface area contributed by atoms with E-state index in [2.05, 4.69) is 10.6 Å².